The monoisotopic (exact) mass is 324 g/mol. The van der Waals surface area contributed by atoms with Crippen LogP contribution >= 0.6 is 0 Å². The number of nitrogens with two attached hydrogens (primary N) is 1. The minimum Gasteiger partial charge on any atom is -0.396 e. The Kier molecular flexibility index (Phi) is 3.89. The van der Waals surface area contributed by atoms with Crippen LogP contribution in [0.2, 0.25) is 0 Å². The summed E-state index contributed by atoms with van der Waals surface area (Å²) in [6, 6.07) is 3.19. The molecular formula is C10H13FN2O5S2. The van der Waals surface area contributed by atoms with E-state index in [0.717, 1.165) is 31.0 Å². The van der Waals surface area contributed by atoms with Crippen LogP contribution in [0.3, 0.4) is 0 Å². The van der Waals surface area contributed by atoms with E-state index < -0.39 is 26.3 Å². The van der Waals surface area contributed by atoms with Crippen molar-refractivity contribution in [1.29, 1.82) is 0 Å². The van der Waals surface area contributed by atoms with Crippen LogP contribution in [0.4, 0.5) is 9.57 Å². The van der Waals surface area contributed by atoms with Crippen molar-refractivity contribution in [2.24, 2.45) is 0 Å². The lowest BCUT2D eigenvalue weighted by Gasteiger charge is -2.16. The van der Waals surface area contributed by atoms with E-state index in [-0.39, 0.29) is 10.6 Å². The van der Waals surface area contributed by atoms with Crippen LogP contribution < -0.4 is 9.92 Å². The molecule has 0 radical (unpaired) electrons. The van der Waals surface area contributed by atoms with E-state index in [1.54, 1.807) is 0 Å². The first-order valence-electron chi connectivity index (χ1n) is 5.74. The Bertz CT molecular complexity index is 711. The molecule has 0 saturated carbocycles. The van der Waals surface area contributed by atoms with Gasteiger partial charge in [0.05, 0.1) is 10.6 Å². The van der Waals surface area contributed by atoms with Gasteiger partial charge in [-0.1, -0.05) is 3.89 Å². The molecule has 112 valence electrons. The second-order valence-corrected chi connectivity index (χ2v) is 7.18. The lowest BCUT2D eigenvalue weighted by Crippen LogP contribution is -2.27. The Labute approximate surface area is 116 Å². The lowest BCUT2D eigenvalue weighted by atomic mass is 10.3. The normalized spacial score (nSPS) is 17.2. The third-order valence-corrected chi connectivity index (χ3v) is 5.15. The van der Waals surface area contributed by atoms with Gasteiger partial charge in [-0.3, -0.25) is 0 Å². The maximum Gasteiger partial charge on any atom is 0.488 e. The molecule has 0 aromatic heterocycles. The summed E-state index contributed by atoms with van der Waals surface area (Å²) < 4.78 is 62.9. The van der Waals surface area contributed by atoms with Crippen LogP contribution in [-0.4, -0.2) is 34.2 Å². The Morgan fingerprint density at radius 2 is 1.75 bits per heavy atom. The van der Waals surface area contributed by atoms with E-state index >= 15 is 0 Å². The van der Waals surface area contributed by atoms with Crippen LogP contribution in [-0.2, 0) is 20.5 Å². The van der Waals surface area contributed by atoms with E-state index in [1.165, 1.54) is 4.31 Å². The molecule has 0 amide bonds. The van der Waals surface area contributed by atoms with Gasteiger partial charge >= 0.3 is 10.5 Å². The second kappa shape index (κ2) is 5.19. The molecule has 1 aliphatic heterocycles. The smallest absolute Gasteiger partial charge is 0.396 e. The number of benzene rings is 1. The number of anilines is 1. The molecule has 0 spiro atoms. The van der Waals surface area contributed by atoms with Gasteiger partial charge in [-0.05, 0) is 31.0 Å². The summed E-state index contributed by atoms with van der Waals surface area (Å²) in [5.74, 6) is -0.451. The van der Waals surface area contributed by atoms with Gasteiger partial charge in [0, 0.05) is 13.1 Å². The topological polar surface area (TPSA) is 107 Å². The molecule has 1 fully saturated rings. The zero-order valence-electron chi connectivity index (χ0n) is 10.3. The molecule has 1 saturated heterocycles. The van der Waals surface area contributed by atoms with E-state index in [0.29, 0.717) is 13.1 Å². The molecule has 2 rings (SSSR count). The third-order valence-electron chi connectivity index (χ3n) is 2.87. The van der Waals surface area contributed by atoms with E-state index in [4.69, 9.17) is 5.73 Å². The molecule has 1 aliphatic rings. The summed E-state index contributed by atoms with van der Waals surface area (Å²) >= 11 is 0. The van der Waals surface area contributed by atoms with Gasteiger partial charge in [-0.15, -0.1) is 0 Å². The Morgan fingerprint density at radius 3 is 2.25 bits per heavy atom. The number of rotatable bonds is 4. The highest BCUT2D eigenvalue weighted by atomic mass is 32.3. The summed E-state index contributed by atoms with van der Waals surface area (Å²) in [5.41, 5.74) is 5.21. The summed E-state index contributed by atoms with van der Waals surface area (Å²) in [7, 11) is -8.87. The second-order valence-electron chi connectivity index (χ2n) is 4.29. The van der Waals surface area contributed by atoms with Crippen molar-refractivity contribution < 1.29 is 24.9 Å². The fourth-order valence-corrected chi connectivity index (χ4v) is 3.87. The van der Waals surface area contributed by atoms with E-state index in [1.807, 2.05) is 0 Å². The molecule has 7 nitrogen and oxygen atoms in total. The van der Waals surface area contributed by atoms with Gasteiger partial charge < -0.3 is 9.92 Å². The van der Waals surface area contributed by atoms with Crippen molar-refractivity contribution in [2.45, 2.75) is 17.7 Å². The van der Waals surface area contributed by atoms with Gasteiger partial charge in [0.2, 0.25) is 10.0 Å². The largest absolute Gasteiger partial charge is 0.488 e. The number of hydrogen-bond donors (Lipinski definition) is 1. The van der Waals surface area contributed by atoms with Crippen molar-refractivity contribution in [3.05, 3.63) is 18.2 Å². The van der Waals surface area contributed by atoms with Crippen molar-refractivity contribution >= 4 is 26.2 Å². The highest BCUT2D eigenvalue weighted by Gasteiger charge is 2.28. The molecule has 0 unspecified atom stereocenters. The molecular weight excluding hydrogens is 311 g/mol. The zero-order valence-corrected chi connectivity index (χ0v) is 12.0. The van der Waals surface area contributed by atoms with Gasteiger partial charge in [0.15, 0.2) is 5.75 Å². The Balaban J connectivity index is 2.33. The maximum atomic E-state index is 12.4. The first-order chi connectivity index (χ1) is 9.20. The standard InChI is InChI=1S/C10H13FN2O5S2/c11-20(16,17)18-10-4-3-8(7-9(10)12)19(14,15)13-5-1-2-6-13/h3-4,7H,1-2,5-6,12H2. The average molecular weight is 324 g/mol. The molecule has 1 heterocycles. The molecule has 0 atom stereocenters. The van der Waals surface area contributed by atoms with Gasteiger partial charge in [0.1, 0.15) is 0 Å². The third kappa shape index (κ3) is 3.19. The first kappa shape index (κ1) is 15.0. The zero-order chi connectivity index (χ0) is 15.0. The van der Waals surface area contributed by atoms with E-state index in [9.17, 15) is 20.7 Å². The lowest BCUT2D eigenvalue weighted by molar-refractivity contribution is 0.441. The summed E-state index contributed by atoms with van der Waals surface area (Å²) in [6.45, 7) is 0.860. The average Bonchev–Trinajstić information content (AvgIpc) is 2.84. The summed E-state index contributed by atoms with van der Waals surface area (Å²) in [4.78, 5) is -0.0829. The van der Waals surface area contributed by atoms with Crippen molar-refractivity contribution in [2.75, 3.05) is 18.8 Å². The highest BCUT2D eigenvalue weighted by Crippen LogP contribution is 2.29. The predicted molar refractivity (Wildman–Crippen MR) is 69.5 cm³/mol. The quantitative estimate of drug-likeness (QED) is 0.643. The van der Waals surface area contributed by atoms with Crippen LogP contribution in [0.5, 0.6) is 5.75 Å². The number of sulfonamides is 1. The highest BCUT2D eigenvalue weighted by molar-refractivity contribution is 7.89. The fraction of sp³-hybridized carbons (Fsp3) is 0.400. The predicted octanol–water partition coefficient (Wildman–Crippen LogP) is 0.646. The molecule has 2 N–H and O–H groups in total. The van der Waals surface area contributed by atoms with Crippen molar-refractivity contribution in [3.63, 3.8) is 0 Å². The van der Waals surface area contributed by atoms with Crippen molar-refractivity contribution in [3.8, 4) is 5.75 Å². The number of halogens is 1. The van der Waals surface area contributed by atoms with Gasteiger partial charge in [-0.25, -0.2) is 8.42 Å². The van der Waals surface area contributed by atoms with Gasteiger partial charge in [-0.2, -0.15) is 12.7 Å². The van der Waals surface area contributed by atoms with Crippen LogP contribution in [0, 0.1) is 0 Å². The number of nitrogens with zero attached hydrogens (tertiary/aromatic N) is 1. The molecule has 0 aliphatic carbocycles. The van der Waals surface area contributed by atoms with E-state index in [2.05, 4.69) is 4.18 Å². The molecule has 0 bridgehead atoms. The number of nitrogen functional groups attached to an aromatic ring is 1. The van der Waals surface area contributed by atoms with Crippen LogP contribution in [0.1, 0.15) is 12.8 Å². The maximum absolute atomic E-state index is 12.4. The Morgan fingerprint density at radius 1 is 1.15 bits per heavy atom. The molecule has 1 aromatic rings. The SMILES string of the molecule is Nc1cc(S(=O)(=O)N2CCCC2)ccc1OS(=O)(=O)F. The molecule has 1 aromatic carbocycles. The fourth-order valence-electron chi connectivity index (χ4n) is 1.95. The summed E-state index contributed by atoms with van der Waals surface area (Å²) in [6.07, 6.45) is 1.58. The van der Waals surface area contributed by atoms with Gasteiger partial charge in [0.25, 0.3) is 0 Å². The number of hydrogen-bond acceptors (Lipinski definition) is 6. The minimum atomic E-state index is -5.20. The molecule has 20 heavy (non-hydrogen) atoms. The molecule has 10 heteroatoms. The first-order valence-corrected chi connectivity index (χ1v) is 8.49. The van der Waals surface area contributed by atoms with Crippen molar-refractivity contribution in [1.82, 2.24) is 4.31 Å². The van der Waals surface area contributed by atoms with Crippen LogP contribution in [0.15, 0.2) is 23.1 Å². The van der Waals surface area contributed by atoms with Crippen LogP contribution in [0.25, 0.3) is 0 Å². The minimum absolute atomic E-state index is 0.0829. The summed E-state index contributed by atoms with van der Waals surface area (Å²) in [5, 5.41) is 0. The Hall–Kier alpha value is -1.39.